The lowest BCUT2D eigenvalue weighted by molar-refractivity contribution is -0.127. The summed E-state index contributed by atoms with van der Waals surface area (Å²) in [5, 5.41) is 8.06. The highest BCUT2D eigenvalue weighted by molar-refractivity contribution is 6.45. The van der Waals surface area contributed by atoms with Crippen LogP contribution < -0.4 is 10.1 Å². The van der Waals surface area contributed by atoms with Gasteiger partial charge in [0.25, 0.3) is 11.7 Å². The minimum absolute atomic E-state index is 0.162. The Morgan fingerprint density at radius 2 is 2.02 bits per heavy atom. The summed E-state index contributed by atoms with van der Waals surface area (Å²) in [6.07, 6.45) is 6.75. The van der Waals surface area contributed by atoms with Gasteiger partial charge in [0, 0.05) is 37.6 Å². The highest BCUT2D eigenvalue weighted by Gasteiger charge is 2.32. The van der Waals surface area contributed by atoms with Crippen LogP contribution >= 0.6 is 0 Å². The van der Waals surface area contributed by atoms with Crippen LogP contribution in [0, 0.1) is 6.92 Å². The molecule has 0 spiro atoms. The van der Waals surface area contributed by atoms with Crippen LogP contribution in [0.4, 0.5) is 5.95 Å². The first-order chi connectivity index (χ1) is 20.8. The third kappa shape index (κ3) is 5.39. The molecule has 0 saturated heterocycles. The van der Waals surface area contributed by atoms with Crippen molar-refractivity contribution in [3.05, 3.63) is 65.8 Å². The van der Waals surface area contributed by atoms with Gasteiger partial charge in [0.1, 0.15) is 17.9 Å². The van der Waals surface area contributed by atoms with Crippen molar-refractivity contribution < 1.29 is 14.3 Å². The van der Waals surface area contributed by atoms with E-state index < -0.39 is 11.7 Å². The third-order valence-electron chi connectivity index (χ3n) is 7.24. The normalized spacial score (nSPS) is 12.9. The summed E-state index contributed by atoms with van der Waals surface area (Å²) < 4.78 is 7.03. The molecule has 0 radical (unpaired) electrons. The van der Waals surface area contributed by atoms with Crippen LogP contribution in [0.5, 0.6) is 5.75 Å². The monoisotopic (exact) mass is 581 g/mol. The molecule has 0 unspecified atom stereocenters. The highest BCUT2D eigenvalue weighted by Crippen LogP contribution is 2.33. The Bertz CT molecular complexity index is 1810. The van der Waals surface area contributed by atoms with E-state index in [-0.39, 0.29) is 12.1 Å². The molecule has 1 aliphatic rings. The molecule has 5 aromatic heterocycles. The number of aromatic nitrogens is 8. The predicted molar refractivity (Wildman–Crippen MR) is 158 cm³/mol. The molecule has 14 heteroatoms. The SMILES string of the molecule is COc1cnc(-n2cnc(C)n2)c2[nH]cc(C(=O)C(=O)N3CCc4c(nc(NCCN(C)C)nc4-c4ccccn4)C3)c12. The molecule has 5 aromatic rings. The summed E-state index contributed by atoms with van der Waals surface area (Å²) in [5.41, 5.74) is 3.74. The van der Waals surface area contributed by atoms with Crippen LogP contribution in [0.2, 0.25) is 0 Å². The summed E-state index contributed by atoms with van der Waals surface area (Å²) in [4.78, 5) is 56.7. The largest absolute Gasteiger partial charge is 0.494 e. The number of anilines is 1. The lowest BCUT2D eigenvalue weighted by Crippen LogP contribution is -2.41. The number of aromatic amines is 1. The molecule has 0 atom stereocenters. The van der Waals surface area contributed by atoms with Gasteiger partial charge in [0.05, 0.1) is 53.4 Å². The van der Waals surface area contributed by atoms with Crippen molar-refractivity contribution in [2.24, 2.45) is 0 Å². The van der Waals surface area contributed by atoms with Gasteiger partial charge in [0.15, 0.2) is 5.82 Å². The number of pyridine rings is 2. The lowest BCUT2D eigenvalue weighted by atomic mass is 9.99. The molecule has 0 fully saturated rings. The second-order valence-electron chi connectivity index (χ2n) is 10.4. The van der Waals surface area contributed by atoms with Gasteiger partial charge in [-0.1, -0.05) is 6.07 Å². The number of fused-ring (bicyclic) bond motifs is 2. The van der Waals surface area contributed by atoms with Crippen LogP contribution in [0.15, 0.2) is 43.1 Å². The number of carbonyl (C=O) groups is 2. The van der Waals surface area contributed by atoms with Crippen LogP contribution in [0.25, 0.3) is 28.1 Å². The van der Waals surface area contributed by atoms with Crippen LogP contribution in [0.3, 0.4) is 0 Å². The van der Waals surface area contributed by atoms with Crippen molar-refractivity contribution in [1.29, 1.82) is 0 Å². The summed E-state index contributed by atoms with van der Waals surface area (Å²) in [5.74, 6) is 0.514. The van der Waals surface area contributed by atoms with E-state index in [2.05, 4.69) is 35.3 Å². The maximum absolute atomic E-state index is 13.7. The predicted octanol–water partition coefficient (Wildman–Crippen LogP) is 2.05. The number of ether oxygens (including phenoxy) is 1. The smallest absolute Gasteiger partial charge is 0.295 e. The van der Waals surface area contributed by atoms with E-state index in [1.807, 2.05) is 32.3 Å². The number of nitrogens with zero attached hydrogens (tertiary/aromatic N) is 9. The van der Waals surface area contributed by atoms with Crippen LogP contribution in [-0.2, 0) is 17.8 Å². The molecule has 1 amide bonds. The Hall–Kier alpha value is -5.24. The minimum Gasteiger partial charge on any atom is -0.494 e. The van der Waals surface area contributed by atoms with Gasteiger partial charge in [-0.3, -0.25) is 14.6 Å². The number of carbonyl (C=O) groups excluding carboxylic acids is 2. The van der Waals surface area contributed by atoms with E-state index in [1.54, 1.807) is 13.1 Å². The maximum atomic E-state index is 13.7. The molecule has 0 aliphatic carbocycles. The zero-order valence-corrected chi connectivity index (χ0v) is 24.3. The average Bonchev–Trinajstić information content (AvgIpc) is 3.66. The molecular weight excluding hydrogens is 550 g/mol. The van der Waals surface area contributed by atoms with Gasteiger partial charge in [-0.15, -0.1) is 0 Å². The van der Waals surface area contributed by atoms with E-state index in [0.29, 0.717) is 59.4 Å². The molecule has 0 aromatic carbocycles. The molecule has 220 valence electrons. The maximum Gasteiger partial charge on any atom is 0.295 e. The number of Topliss-reactive ketones (excluding diaryl/α,β-unsaturated/α-hetero) is 1. The van der Waals surface area contributed by atoms with Crippen molar-refractivity contribution in [1.82, 2.24) is 49.5 Å². The second kappa shape index (κ2) is 11.6. The average molecular weight is 582 g/mol. The number of nitrogens with one attached hydrogen (secondary N) is 2. The zero-order valence-electron chi connectivity index (χ0n) is 24.3. The molecule has 14 nitrogen and oxygen atoms in total. The van der Waals surface area contributed by atoms with Gasteiger partial charge in [-0.05, 0) is 39.6 Å². The Morgan fingerprint density at radius 1 is 1.16 bits per heavy atom. The number of amides is 1. The Labute approximate surface area is 247 Å². The van der Waals surface area contributed by atoms with E-state index in [4.69, 9.17) is 14.7 Å². The number of rotatable bonds is 9. The van der Waals surface area contributed by atoms with Crippen molar-refractivity contribution in [2.75, 3.05) is 46.2 Å². The molecule has 6 heterocycles. The fraction of sp³-hybridized carbons (Fsp3) is 0.310. The fourth-order valence-electron chi connectivity index (χ4n) is 5.11. The number of aryl methyl sites for hydroxylation is 1. The quantitative estimate of drug-likeness (QED) is 0.194. The Balaban J connectivity index is 1.32. The first-order valence-electron chi connectivity index (χ1n) is 13.8. The van der Waals surface area contributed by atoms with Crippen molar-refractivity contribution in [3.8, 4) is 23.0 Å². The number of hydrogen-bond donors (Lipinski definition) is 2. The summed E-state index contributed by atoms with van der Waals surface area (Å²) in [7, 11) is 5.47. The van der Waals surface area contributed by atoms with E-state index >= 15 is 0 Å². The molecule has 0 bridgehead atoms. The molecule has 0 saturated carbocycles. The molecule has 1 aliphatic heterocycles. The number of likely N-dealkylation sites (N-methyl/N-ethyl adjacent to an activating group) is 1. The van der Waals surface area contributed by atoms with Crippen molar-refractivity contribution in [3.63, 3.8) is 0 Å². The van der Waals surface area contributed by atoms with Crippen LogP contribution in [-0.4, -0.2) is 102 Å². The van der Waals surface area contributed by atoms with Gasteiger partial charge in [-0.2, -0.15) is 5.10 Å². The van der Waals surface area contributed by atoms with Crippen LogP contribution in [0.1, 0.15) is 27.4 Å². The summed E-state index contributed by atoms with van der Waals surface area (Å²) >= 11 is 0. The Morgan fingerprint density at radius 3 is 2.74 bits per heavy atom. The van der Waals surface area contributed by atoms with Crippen molar-refractivity contribution in [2.45, 2.75) is 19.9 Å². The van der Waals surface area contributed by atoms with Gasteiger partial charge < -0.3 is 24.8 Å². The number of H-pyrrole nitrogens is 1. The Kier molecular flexibility index (Phi) is 7.50. The summed E-state index contributed by atoms with van der Waals surface area (Å²) in [6.45, 7) is 3.69. The number of hydrogen-bond acceptors (Lipinski definition) is 11. The van der Waals surface area contributed by atoms with Gasteiger partial charge in [0.2, 0.25) is 5.95 Å². The first kappa shape index (κ1) is 27.9. The first-order valence-corrected chi connectivity index (χ1v) is 13.8. The molecule has 43 heavy (non-hydrogen) atoms. The van der Waals surface area contributed by atoms with Crippen molar-refractivity contribution >= 4 is 28.5 Å². The van der Waals surface area contributed by atoms with Gasteiger partial charge >= 0.3 is 0 Å². The summed E-state index contributed by atoms with van der Waals surface area (Å²) in [6, 6.07) is 5.67. The minimum atomic E-state index is -0.664. The number of ketones is 1. The lowest BCUT2D eigenvalue weighted by Gasteiger charge is -2.29. The van der Waals surface area contributed by atoms with E-state index in [0.717, 1.165) is 23.5 Å². The second-order valence-corrected chi connectivity index (χ2v) is 10.4. The molecule has 6 rings (SSSR count). The van der Waals surface area contributed by atoms with E-state index in [9.17, 15) is 9.59 Å². The van der Waals surface area contributed by atoms with Gasteiger partial charge in [-0.25, -0.2) is 24.6 Å². The highest BCUT2D eigenvalue weighted by atomic mass is 16.5. The zero-order chi connectivity index (χ0) is 30.1. The third-order valence-corrected chi connectivity index (χ3v) is 7.24. The van der Waals surface area contributed by atoms with E-state index in [1.165, 1.54) is 35.4 Å². The molecular formula is C29H31N11O3. The topological polar surface area (TPSA) is 160 Å². The fourth-order valence-corrected chi connectivity index (χ4v) is 5.11. The number of methoxy groups -OCH3 is 1. The molecule has 2 N–H and O–H groups in total. The standard InChI is InChI=1S/C29H31N11O3/c1-17-34-16-40(37-17)27-25-23(22(43-4)14-33-27)19(13-32-25)26(41)28(42)39-11-8-18-21(15-39)35-29(31-10-12-38(2)3)36-24(18)20-7-5-6-9-30-20/h5-7,9,13-14,16,32H,8,10-12,15H2,1-4H3,(H,31,35,36).